The fourth-order valence-electron chi connectivity index (χ4n) is 1.49. The molecule has 5 heteroatoms. The smallest absolute Gasteiger partial charge is 0.305 e. The molecule has 0 amide bonds. The number of carbonyl (C=O) groups is 1. The van der Waals surface area contributed by atoms with Crippen LogP contribution in [0.3, 0.4) is 0 Å². The van der Waals surface area contributed by atoms with Crippen molar-refractivity contribution in [1.82, 2.24) is 0 Å². The molecule has 0 radical (unpaired) electrons. The van der Waals surface area contributed by atoms with E-state index in [1.165, 1.54) is 0 Å². The van der Waals surface area contributed by atoms with Gasteiger partial charge in [-0.3, -0.25) is 4.79 Å². The van der Waals surface area contributed by atoms with E-state index < -0.39 is 5.97 Å². The van der Waals surface area contributed by atoms with Gasteiger partial charge in [-0.15, -0.1) is 0 Å². The first-order valence-electron chi connectivity index (χ1n) is 5.25. The lowest BCUT2D eigenvalue weighted by atomic mass is 10.1. The Morgan fingerprint density at radius 2 is 2.35 bits per heavy atom. The summed E-state index contributed by atoms with van der Waals surface area (Å²) in [5, 5.41) is 21.1. The Morgan fingerprint density at radius 3 is 2.88 bits per heavy atom. The van der Waals surface area contributed by atoms with E-state index in [1.54, 1.807) is 18.2 Å². The van der Waals surface area contributed by atoms with Gasteiger partial charge in [0, 0.05) is 6.04 Å². The summed E-state index contributed by atoms with van der Waals surface area (Å²) in [6.07, 6.45) is 0.664. The molecule has 0 bridgehead atoms. The number of carboxylic acid groups (broad SMARTS) is 1. The number of nitrogens with one attached hydrogen (secondary N) is 1. The number of hydrogen-bond acceptors (Lipinski definition) is 3. The van der Waals surface area contributed by atoms with E-state index in [2.05, 4.69) is 5.32 Å². The molecule has 90 valence electrons. The van der Waals surface area contributed by atoms with Crippen molar-refractivity contribution in [3.05, 3.63) is 28.8 Å². The Balaban J connectivity index is 2.90. The summed E-state index contributed by atoms with van der Waals surface area (Å²) in [4.78, 5) is 10.6. The minimum absolute atomic E-state index is 0.00782. The maximum atomic E-state index is 10.6. The number of rotatable bonds is 5. The first kappa shape index (κ1) is 13.3. The highest BCUT2D eigenvalue weighted by Crippen LogP contribution is 2.24. The fourth-order valence-corrected chi connectivity index (χ4v) is 1.70. The summed E-state index contributed by atoms with van der Waals surface area (Å²) < 4.78 is 0. The van der Waals surface area contributed by atoms with Crippen LogP contribution in [0.2, 0.25) is 5.02 Å². The summed E-state index contributed by atoms with van der Waals surface area (Å²) in [5.74, 6) is -0.870. The molecule has 1 unspecified atom stereocenters. The molecule has 0 aliphatic rings. The normalized spacial score (nSPS) is 11.6. The van der Waals surface area contributed by atoms with Gasteiger partial charge >= 0.3 is 5.97 Å². The molecule has 0 spiro atoms. The van der Waals surface area contributed by atoms with Crippen LogP contribution in [0.5, 0.6) is 0 Å². The van der Waals surface area contributed by atoms with Crippen molar-refractivity contribution < 1.29 is 9.90 Å². The second-order valence-corrected chi connectivity index (χ2v) is 4.03. The molecule has 4 nitrogen and oxygen atoms in total. The molecule has 2 N–H and O–H groups in total. The second-order valence-electron chi connectivity index (χ2n) is 3.62. The molecule has 0 fully saturated rings. The number of nitrogens with zero attached hydrogens (tertiary/aromatic N) is 1. The van der Waals surface area contributed by atoms with Gasteiger partial charge in [-0.1, -0.05) is 24.6 Å². The zero-order valence-electron chi connectivity index (χ0n) is 9.40. The van der Waals surface area contributed by atoms with Gasteiger partial charge in [-0.25, -0.2) is 0 Å². The van der Waals surface area contributed by atoms with Gasteiger partial charge in [0.05, 0.1) is 22.7 Å². The molecular weight excluding hydrogens is 240 g/mol. The zero-order valence-corrected chi connectivity index (χ0v) is 10.2. The van der Waals surface area contributed by atoms with Crippen LogP contribution >= 0.6 is 11.6 Å². The largest absolute Gasteiger partial charge is 0.481 e. The minimum Gasteiger partial charge on any atom is -0.481 e. The number of halogens is 1. The summed E-state index contributed by atoms with van der Waals surface area (Å²) in [6.45, 7) is 1.89. The average molecular weight is 253 g/mol. The van der Waals surface area contributed by atoms with E-state index in [9.17, 15) is 4.79 Å². The molecule has 17 heavy (non-hydrogen) atoms. The topological polar surface area (TPSA) is 73.1 Å². The van der Waals surface area contributed by atoms with Crippen LogP contribution in [-0.4, -0.2) is 17.1 Å². The minimum atomic E-state index is -0.870. The van der Waals surface area contributed by atoms with Crippen LogP contribution in [-0.2, 0) is 4.79 Å². The molecule has 0 saturated carbocycles. The summed E-state index contributed by atoms with van der Waals surface area (Å²) in [7, 11) is 0. The number of aliphatic carboxylic acids is 1. The standard InChI is InChI=1S/C12H13ClN2O2/c1-2-8(6-12(16)17)15-11-5-3-4-10(13)9(11)7-14/h3-5,8,15H,2,6H2,1H3,(H,16,17). The maximum absolute atomic E-state index is 10.6. The van der Waals surface area contributed by atoms with E-state index in [-0.39, 0.29) is 12.5 Å². The van der Waals surface area contributed by atoms with Gasteiger partial charge in [0.25, 0.3) is 0 Å². The van der Waals surface area contributed by atoms with E-state index in [4.69, 9.17) is 22.0 Å². The Kier molecular flexibility index (Phi) is 4.80. The van der Waals surface area contributed by atoms with Crippen LogP contribution < -0.4 is 5.32 Å². The van der Waals surface area contributed by atoms with E-state index in [0.717, 1.165) is 0 Å². The molecule has 0 aliphatic heterocycles. The third kappa shape index (κ3) is 3.65. The molecule has 1 rings (SSSR count). The molecular formula is C12H13ClN2O2. The molecule has 0 saturated heterocycles. The van der Waals surface area contributed by atoms with Gasteiger partial charge in [0.15, 0.2) is 0 Å². The Bertz CT molecular complexity index is 454. The molecule has 1 atom stereocenters. The molecule has 1 aromatic carbocycles. The SMILES string of the molecule is CCC(CC(=O)O)Nc1cccc(Cl)c1C#N. The molecule has 0 aromatic heterocycles. The summed E-state index contributed by atoms with van der Waals surface area (Å²) in [5.41, 5.74) is 0.922. The fraction of sp³-hybridized carbons (Fsp3) is 0.333. The highest BCUT2D eigenvalue weighted by molar-refractivity contribution is 6.32. The molecule has 0 aliphatic carbocycles. The van der Waals surface area contributed by atoms with Gasteiger partial charge in [0.2, 0.25) is 0 Å². The number of hydrogen-bond donors (Lipinski definition) is 2. The van der Waals surface area contributed by atoms with Crippen molar-refractivity contribution in [1.29, 1.82) is 5.26 Å². The highest BCUT2D eigenvalue weighted by atomic mass is 35.5. The van der Waals surface area contributed by atoms with Crippen LogP contribution in [0.15, 0.2) is 18.2 Å². The van der Waals surface area contributed by atoms with Gasteiger partial charge in [-0.2, -0.15) is 5.26 Å². The lowest BCUT2D eigenvalue weighted by molar-refractivity contribution is -0.137. The van der Waals surface area contributed by atoms with Crippen molar-refractivity contribution in [2.75, 3.05) is 5.32 Å². The number of benzene rings is 1. The highest BCUT2D eigenvalue weighted by Gasteiger charge is 2.13. The lowest BCUT2D eigenvalue weighted by Crippen LogP contribution is -2.22. The number of carboxylic acids is 1. The summed E-state index contributed by atoms with van der Waals surface area (Å²) >= 11 is 5.88. The average Bonchev–Trinajstić information content (AvgIpc) is 2.28. The van der Waals surface area contributed by atoms with Crippen molar-refractivity contribution in [3.8, 4) is 6.07 Å². The zero-order chi connectivity index (χ0) is 12.8. The van der Waals surface area contributed by atoms with E-state index >= 15 is 0 Å². The number of nitriles is 1. The monoisotopic (exact) mass is 252 g/mol. The summed E-state index contributed by atoms with van der Waals surface area (Å²) in [6, 6.07) is 6.86. The Labute approximate surface area is 105 Å². The van der Waals surface area contributed by atoms with Crippen molar-refractivity contribution in [3.63, 3.8) is 0 Å². The first-order valence-corrected chi connectivity index (χ1v) is 5.63. The first-order chi connectivity index (χ1) is 8.08. The maximum Gasteiger partial charge on any atom is 0.305 e. The third-order valence-electron chi connectivity index (χ3n) is 2.40. The van der Waals surface area contributed by atoms with Gasteiger partial charge in [0.1, 0.15) is 6.07 Å². The van der Waals surface area contributed by atoms with E-state index in [0.29, 0.717) is 22.7 Å². The van der Waals surface area contributed by atoms with Crippen molar-refractivity contribution in [2.24, 2.45) is 0 Å². The van der Waals surface area contributed by atoms with Gasteiger partial charge in [-0.05, 0) is 18.6 Å². The molecule has 0 heterocycles. The quantitative estimate of drug-likeness (QED) is 0.845. The lowest BCUT2D eigenvalue weighted by Gasteiger charge is -2.17. The Hall–Kier alpha value is -1.73. The predicted octanol–water partition coefficient (Wildman–Crippen LogP) is 2.88. The Morgan fingerprint density at radius 1 is 1.65 bits per heavy atom. The number of anilines is 1. The van der Waals surface area contributed by atoms with Crippen LogP contribution in [0.4, 0.5) is 5.69 Å². The third-order valence-corrected chi connectivity index (χ3v) is 2.71. The predicted molar refractivity (Wildman–Crippen MR) is 66.1 cm³/mol. The van der Waals surface area contributed by atoms with Crippen molar-refractivity contribution >= 4 is 23.3 Å². The van der Waals surface area contributed by atoms with Crippen LogP contribution in [0, 0.1) is 11.3 Å². The van der Waals surface area contributed by atoms with Crippen LogP contribution in [0.1, 0.15) is 25.3 Å². The van der Waals surface area contributed by atoms with Crippen molar-refractivity contribution in [2.45, 2.75) is 25.8 Å². The van der Waals surface area contributed by atoms with Gasteiger partial charge < -0.3 is 10.4 Å². The van der Waals surface area contributed by atoms with E-state index in [1.807, 2.05) is 13.0 Å². The molecule has 1 aromatic rings. The van der Waals surface area contributed by atoms with Crippen LogP contribution in [0.25, 0.3) is 0 Å². The second kappa shape index (κ2) is 6.12.